The van der Waals surface area contributed by atoms with Crippen molar-refractivity contribution in [1.29, 1.82) is 0 Å². The molecule has 0 atom stereocenters. The van der Waals surface area contributed by atoms with Gasteiger partial charge in [0.2, 0.25) is 0 Å². The standard InChI is InChI=1S/C19H38O2/c1-3-4-5-6-7-8-9-10-11-12-13-14-15-16-17-18-19(20)21-2/h3-18H2,1-2H3/i11D2. The lowest BCUT2D eigenvalue weighted by atomic mass is 10.0. The van der Waals surface area contributed by atoms with Gasteiger partial charge in [-0.25, -0.2) is 0 Å². The van der Waals surface area contributed by atoms with Crippen LogP contribution in [-0.2, 0) is 9.53 Å². The molecular formula is C19H38O2. The average Bonchev–Trinajstić information content (AvgIpc) is 2.52. The minimum absolute atomic E-state index is 0.129. The Hall–Kier alpha value is -0.530. The predicted octanol–water partition coefficient (Wildman–Crippen LogP) is 6.42. The molecule has 0 rings (SSSR count). The molecule has 0 fully saturated rings. The maximum absolute atomic E-state index is 11.0. The van der Waals surface area contributed by atoms with Crippen LogP contribution in [0.15, 0.2) is 0 Å². The van der Waals surface area contributed by atoms with Gasteiger partial charge in [0.25, 0.3) is 0 Å². The summed E-state index contributed by atoms with van der Waals surface area (Å²) in [6.45, 7) is 2.23. The highest BCUT2D eigenvalue weighted by Gasteiger charge is 1.99. The molecule has 0 spiro atoms. The van der Waals surface area contributed by atoms with E-state index in [4.69, 9.17) is 2.74 Å². The van der Waals surface area contributed by atoms with Gasteiger partial charge in [0.1, 0.15) is 0 Å². The molecule has 0 saturated carbocycles. The highest BCUT2D eigenvalue weighted by atomic mass is 16.5. The number of ether oxygens (including phenoxy) is 1. The molecule has 2 nitrogen and oxygen atoms in total. The van der Waals surface area contributed by atoms with E-state index in [1.54, 1.807) is 0 Å². The van der Waals surface area contributed by atoms with Gasteiger partial charge in [-0.2, -0.15) is 0 Å². The Balaban J connectivity index is 3.41. The summed E-state index contributed by atoms with van der Waals surface area (Å²) in [5.74, 6) is -0.129. The molecule has 2 heteroatoms. The van der Waals surface area contributed by atoms with Gasteiger partial charge in [0, 0.05) is 9.16 Å². The summed E-state index contributed by atoms with van der Waals surface area (Å²) in [6, 6.07) is 0. The van der Waals surface area contributed by atoms with Crippen LogP contribution in [0.25, 0.3) is 0 Å². The van der Waals surface area contributed by atoms with E-state index in [9.17, 15) is 4.79 Å². The molecule has 0 heterocycles. The first kappa shape index (κ1) is 16.8. The van der Waals surface area contributed by atoms with E-state index in [1.807, 2.05) is 0 Å². The zero-order chi connectivity index (χ0) is 17.4. The molecule has 0 saturated heterocycles. The lowest BCUT2D eigenvalue weighted by Crippen LogP contribution is -1.99. The van der Waals surface area contributed by atoms with Crippen molar-refractivity contribution in [3.8, 4) is 0 Å². The van der Waals surface area contributed by atoms with E-state index in [-0.39, 0.29) is 5.97 Å². The van der Waals surface area contributed by atoms with E-state index < -0.39 is 6.37 Å². The van der Waals surface area contributed by atoms with Crippen LogP contribution in [0.4, 0.5) is 0 Å². The SMILES string of the molecule is [2H]C([2H])(CCCCCCCCC)CCCCCCCC(=O)OC. The summed E-state index contributed by atoms with van der Waals surface area (Å²) < 4.78 is 20.8. The van der Waals surface area contributed by atoms with Crippen molar-refractivity contribution in [2.24, 2.45) is 0 Å². The molecule has 0 aliphatic carbocycles. The second-order valence-corrected chi connectivity index (χ2v) is 5.97. The third-order valence-electron chi connectivity index (χ3n) is 3.92. The first-order chi connectivity index (χ1) is 11.0. The first-order valence-electron chi connectivity index (χ1n) is 10.1. The maximum atomic E-state index is 11.0. The minimum Gasteiger partial charge on any atom is -0.469 e. The maximum Gasteiger partial charge on any atom is 0.305 e. The van der Waals surface area contributed by atoms with Crippen LogP contribution in [-0.4, -0.2) is 13.1 Å². The summed E-state index contributed by atoms with van der Waals surface area (Å²) in [6.07, 6.45) is 14.7. The summed E-state index contributed by atoms with van der Waals surface area (Å²) in [5.41, 5.74) is 0. The molecular weight excluding hydrogens is 260 g/mol. The van der Waals surface area contributed by atoms with Crippen LogP contribution in [0.1, 0.15) is 112 Å². The lowest BCUT2D eigenvalue weighted by molar-refractivity contribution is -0.140. The Morgan fingerprint density at radius 1 is 0.762 bits per heavy atom. The summed E-state index contributed by atoms with van der Waals surface area (Å²) in [4.78, 5) is 11.0. The molecule has 0 aliphatic heterocycles. The number of carbonyl (C=O) groups is 1. The third-order valence-corrected chi connectivity index (χ3v) is 3.92. The quantitative estimate of drug-likeness (QED) is 0.243. The van der Waals surface area contributed by atoms with Gasteiger partial charge in [0.05, 0.1) is 7.11 Å². The van der Waals surface area contributed by atoms with Gasteiger partial charge in [-0.15, -0.1) is 0 Å². The Labute approximate surface area is 135 Å². The summed E-state index contributed by atoms with van der Waals surface area (Å²) >= 11 is 0. The van der Waals surface area contributed by atoms with E-state index in [0.29, 0.717) is 19.3 Å². The number of hydrogen-bond acceptors (Lipinski definition) is 2. The fraction of sp³-hybridized carbons (Fsp3) is 0.947. The number of rotatable bonds is 16. The summed E-state index contributed by atoms with van der Waals surface area (Å²) in [7, 11) is 1.43. The van der Waals surface area contributed by atoms with Crippen LogP contribution in [0.3, 0.4) is 0 Å². The van der Waals surface area contributed by atoms with Crippen LogP contribution < -0.4 is 0 Å². The number of hydrogen-bond donors (Lipinski definition) is 0. The predicted molar refractivity (Wildman–Crippen MR) is 91.6 cm³/mol. The normalized spacial score (nSPS) is 12.9. The van der Waals surface area contributed by atoms with Crippen LogP contribution in [0, 0.1) is 0 Å². The highest BCUT2D eigenvalue weighted by Crippen LogP contribution is 2.13. The van der Waals surface area contributed by atoms with Crippen LogP contribution >= 0.6 is 0 Å². The Morgan fingerprint density at radius 2 is 1.19 bits per heavy atom. The van der Waals surface area contributed by atoms with Gasteiger partial charge in [-0.05, 0) is 6.42 Å². The molecule has 0 amide bonds. The fourth-order valence-electron chi connectivity index (χ4n) is 2.48. The molecule has 0 N–H and O–H groups in total. The van der Waals surface area contributed by atoms with E-state index in [2.05, 4.69) is 11.7 Å². The molecule has 0 aromatic rings. The van der Waals surface area contributed by atoms with E-state index in [1.165, 1.54) is 45.6 Å². The zero-order valence-corrected chi connectivity index (χ0v) is 14.4. The molecule has 0 aromatic carbocycles. The molecule has 21 heavy (non-hydrogen) atoms. The van der Waals surface area contributed by atoms with Crippen molar-refractivity contribution in [3.63, 3.8) is 0 Å². The van der Waals surface area contributed by atoms with Gasteiger partial charge >= 0.3 is 5.97 Å². The van der Waals surface area contributed by atoms with Crippen molar-refractivity contribution >= 4 is 5.97 Å². The van der Waals surface area contributed by atoms with Crippen molar-refractivity contribution in [1.82, 2.24) is 0 Å². The monoisotopic (exact) mass is 300 g/mol. The zero-order valence-electron chi connectivity index (χ0n) is 16.4. The second-order valence-electron chi connectivity index (χ2n) is 5.97. The van der Waals surface area contributed by atoms with Crippen molar-refractivity contribution in [2.75, 3.05) is 7.11 Å². The Kier molecular flexibility index (Phi) is 14.0. The van der Waals surface area contributed by atoms with Gasteiger partial charge in [0.15, 0.2) is 0 Å². The van der Waals surface area contributed by atoms with Crippen LogP contribution in [0.2, 0.25) is 0 Å². The van der Waals surface area contributed by atoms with Gasteiger partial charge < -0.3 is 4.74 Å². The van der Waals surface area contributed by atoms with E-state index in [0.717, 1.165) is 38.5 Å². The number of methoxy groups -OCH3 is 1. The molecule has 126 valence electrons. The number of carbonyl (C=O) groups excluding carboxylic acids is 1. The minimum atomic E-state index is -0.991. The molecule has 0 aromatic heterocycles. The lowest BCUT2D eigenvalue weighted by Gasteiger charge is -2.03. The van der Waals surface area contributed by atoms with Crippen molar-refractivity contribution in [2.45, 2.75) is 110 Å². The highest BCUT2D eigenvalue weighted by molar-refractivity contribution is 5.68. The molecule has 0 aliphatic rings. The first-order valence-corrected chi connectivity index (χ1v) is 9.08. The molecule has 0 unspecified atom stereocenters. The van der Waals surface area contributed by atoms with Gasteiger partial charge in [-0.3, -0.25) is 4.79 Å². The van der Waals surface area contributed by atoms with Gasteiger partial charge in [-0.1, -0.05) is 96.8 Å². The number of unbranched alkanes of at least 4 members (excludes halogenated alkanes) is 10. The Morgan fingerprint density at radius 3 is 1.67 bits per heavy atom. The van der Waals surface area contributed by atoms with E-state index >= 15 is 0 Å². The Bertz CT molecular complexity index is 281. The summed E-state index contributed by atoms with van der Waals surface area (Å²) in [5, 5.41) is 0. The molecule has 0 radical (unpaired) electrons. The third kappa shape index (κ3) is 17.4. The average molecular weight is 301 g/mol. The van der Waals surface area contributed by atoms with Crippen molar-refractivity contribution < 1.29 is 12.3 Å². The van der Waals surface area contributed by atoms with Crippen molar-refractivity contribution in [3.05, 3.63) is 0 Å². The number of esters is 1. The smallest absolute Gasteiger partial charge is 0.305 e. The fourth-order valence-corrected chi connectivity index (χ4v) is 2.48. The molecule has 0 bridgehead atoms. The largest absolute Gasteiger partial charge is 0.469 e. The second kappa shape index (κ2) is 17.5. The topological polar surface area (TPSA) is 26.3 Å². The van der Waals surface area contributed by atoms with Crippen LogP contribution in [0.5, 0.6) is 0 Å².